The van der Waals surface area contributed by atoms with Crippen LogP contribution < -0.4 is 0 Å². The molecule has 24 heavy (non-hydrogen) atoms. The number of nitrogens with zero attached hydrogens (tertiary/aromatic N) is 1. The first-order valence-corrected chi connectivity index (χ1v) is 7.43. The molecule has 130 valence electrons. The number of aliphatic hydroxyl groups is 3. The quantitative estimate of drug-likeness (QED) is 0.369. The lowest BCUT2D eigenvalue weighted by Crippen LogP contribution is -2.62. The predicted molar refractivity (Wildman–Crippen MR) is 77.8 cm³/mol. The Kier molecular flexibility index (Phi) is 4.01. The highest BCUT2D eigenvalue weighted by Crippen LogP contribution is 2.49. The molecule has 0 aliphatic carbocycles. The van der Waals surface area contributed by atoms with Crippen molar-refractivity contribution in [2.75, 3.05) is 13.2 Å². The van der Waals surface area contributed by atoms with E-state index in [1.54, 1.807) is 0 Å². The molecule has 2 aliphatic rings. The molecule has 1 aromatic carbocycles. The Labute approximate surface area is 140 Å². The van der Waals surface area contributed by atoms with Crippen LogP contribution in [-0.2, 0) is 14.3 Å². The van der Waals surface area contributed by atoms with E-state index in [1.165, 1.54) is 24.3 Å². The van der Waals surface area contributed by atoms with Crippen molar-refractivity contribution in [3.05, 3.63) is 45.0 Å². The van der Waals surface area contributed by atoms with E-state index in [-0.39, 0.29) is 12.2 Å². The third-order valence-corrected chi connectivity index (χ3v) is 4.66. The molecule has 0 aromatic heterocycles. The van der Waals surface area contributed by atoms with E-state index in [0.29, 0.717) is 5.02 Å². The van der Waals surface area contributed by atoms with Crippen LogP contribution in [0.15, 0.2) is 24.3 Å². The van der Waals surface area contributed by atoms with Crippen LogP contribution in [0.5, 0.6) is 0 Å². The molecule has 3 rings (SSSR count). The van der Waals surface area contributed by atoms with Crippen LogP contribution in [0.25, 0.3) is 0 Å². The van der Waals surface area contributed by atoms with Crippen LogP contribution in [0.4, 0.5) is 0 Å². The van der Waals surface area contributed by atoms with Crippen molar-refractivity contribution in [1.29, 1.82) is 0 Å². The monoisotopic (exact) mass is 359 g/mol. The number of benzene rings is 1. The van der Waals surface area contributed by atoms with E-state index >= 15 is 0 Å². The average molecular weight is 360 g/mol. The highest BCUT2D eigenvalue weighted by Gasteiger charge is 2.76. The number of halogens is 1. The molecule has 9 nitrogen and oxygen atoms in total. The van der Waals surface area contributed by atoms with Gasteiger partial charge in [0.1, 0.15) is 6.10 Å². The van der Waals surface area contributed by atoms with Gasteiger partial charge in [-0.05, 0) is 17.7 Å². The molecule has 0 radical (unpaired) electrons. The standard InChI is InChI=1S/C14H14ClNO8/c15-8-3-1-7(2-4-8)9(5-16(21)22)13(19)12(18)24-11-10(17)6-23-14(11,13)20/h1-4,9-11,17,19-20H,5-6H2/t9-,10-,11-,13+,14-/m0/s1. The molecule has 10 heteroatoms. The molecule has 5 atom stereocenters. The Morgan fingerprint density at radius 3 is 2.58 bits per heavy atom. The number of rotatable bonds is 4. The molecule has 2 aliphatic heterocycles. The molecule has 1 aromatic rings. The normalized spacial score (nSPS) is 36.2. The van der Waals surface area contributed by atoms with Crippen LogP contribution in [-0.4, -0.2) is 63.0 Å². The number of carbonyl (C=O) groups excluding carboxylic acids is 1. The third kappa shape index (κ3) is 2.28. The molecule has 0 amide bonds. The minimum atomic E-state index is -2.75. The maximum Gasteiger partial charge on any atom is 0.345 e. The van der Waals surface area contributed by atoms with Crippen LogP contribution in [0.1, 0.15) is 11.5 Å². The largest absolute Gasteiger partial charge is 0.451 e. The fourth-order valence-electron chi connectivity index (χ4n) is 3.19. The number of ether oxygens (including phenoxy) is 2. The maximum absolute atomic E-state index is 12.3. The zero-order valence-corrected chi connectivity index (χ0v) is 12.9. The van der Waals surface area contributed by atoms with Gasteiger partial charge in [-0.15, -0.1) is 0 Å². The van der Waals surface area contributed by atoms with Gasteiger partial charge in [-0.2, -0.15) is 0 Å². The molecular weight excluding hydrogens is 346 g/mol. The molecule has 2 heterocycles. The summed E-state index contributed by atoms with van der Waals surface area (Å²) in [6.45, 7) is -1.26. The Bertz CT molecular complexity index is 682. The van der Waals surface area contributed by atoms with Gasteiger partial charge in [0.25, 0.3) is 0 Å². The zero-order valence-electron chi connectivity index (χ0n) is 12.2. The van der Waals surface area contributed by atoms with Gasteiger partial charge in [-0.25, -0.2) is 4.79 Å². The molecule has 2 saturated heterocycles. The van der Waals surface area contributed by atoms with Gasteiger partial charge in [0.05, 0.1) is 12.5 Å². The molecule has 2 fully saturated rings. The maximum atomic E-state index is 12.3. The van der Waals surface area contributed by atoms with Crippen molar-refractivity contribution in [3.8, 4) is 0 Å². The summed E-state index contributed by atoms with van der Waals surface area (Å²) < 4.78 is 9.89. The lowest BCUT2D eigenvalue weighted by Gasteiger charge is -2.36. The molecular formula is C14H14ClNO8. The van der Waals surface area contributed by atoms with Crippen molar-refractivity contribution in [2.24, 2.45) is 0 Å². The number of fused-ring (bicyclic) bond motifs is 1. The first-order valence-electron chi connectivity index (χ1n) is 7.05. The van der Waals surface area contributed by atoms with Crippen LogP contribution in [0.2, 0.25) is 5.02 Å². The van der Waals surface area contributed by atoms with E-state index in [0.717, 1.165) is 0 Å². The van der Waals surface area contributed by atoms with Crippen LogP contribution in [0.3, 0.4) is 0 Å². The first kappa shape index (κ1) is 17.1. The van der Waals surface area contributed by atoms with Gasteiger partial charge in [-0.1, -0.05) is 23.7 Å². The SMILES string of the molecule is O=C1O[C@H]2[C@@H](O)CO[C@]2(O)[C@@]1(O)[C@@H](C[N+](=O)[O-])c1ccc(Cl)cc1. The molecule has 3 N–H and O–H groups in total. The van der Waals surface area contributed by atoms with Gasteiger partial charge >= 0.3 is 5.97 Å². The van der Waals surface area contributed by atoms with Crippen molar-refractivity contribution in [2.45, 2.75) is 29.5 Å². The lowest BCUT2D eigenvalue weighted by molar-refractivity contribution is -0.489. The highest BCUT2D eigenvalue weighted by atomic mass is 35.5. The first-order chi connectivity index (χ1) is 11.2. The minimum absolute atomic E-state index is 0.189. The van der Waals surface area contributed by atoms with Crippen molar-refractivity contribution >= 4 is 17.6 Å². The fourth-order valence-corrected chi connectivity index (χ4v) is 3.32. The van der Waals surface area contributed by atoms with Crippen molar-refractivity contribution in [1.82, 2.24) is 0 Å². The van der Waals surface area contributed by atoms with E-state index in [4.69, 9.17) is 21.1 Å². The summed E-state index contributed by atoms with van der Waals surface area (Å²) in [6.07, 6.45) is -2.88. The van der Waals surface area contributed by atoms with E-state index in [2.05, 4.69) is 0 Å². The second-order valence-corrected chi connectivity index (χ2v) is 6.22. The predicted octanol–water partition coefficient (Wildman–Crippen LogP) is -0.563. The Morgan fingerprint density at radius 1 is 1.38 bits per heavy atom. The average Bonchev–Trinajstić information content (AvgIpc) is 2.92. The Morgan fingerprint density at radius 2 is 2.00 bits per heavy atom. The zero-order chi connectivity index (χ0) is 17.7. The second-order valence-electron chi connectivity index (χ2n) is 5.79. The summed E-state index contributed by atoms with van der Waals surface area (Å²) in [5.74, 6) is -5.36. The van der Waals surface area contributed by atoms with Crippen molar-refractivity contribution in [3.63, 3.8) is 0 Å². The smallest absolute Gasteiger partial charge is 0.345 e. The molecule has 0 unspecified atom stereocenters. The summed E-state index contributed by atoms with van der Waals surface area (Å²) in [5, 5.41) is 42.8. The summed E-state index contributed by atoms with van der Waals surface area (Å²) >= 11 is 5.79. The summed E-state index contributed by atoms with van der Waals surface area (Å²) in [7, 11) is 0. The minimum Gasteiger partial charge on any atom is -0.451 e. The van der Waals surface area contributed by atoms with Crippen molar-refractivity contribution < 1.29 is 34.5 Å². The summed E-state index contributed by atoms with van der Waals surface area (Å²) in [5.41, 5.74) is -2.56. The topological polar surface area (TPSA) is 139 Å². The molecule has 0 saturated carbocycles. The van der Waals surface area contributed by atoms with Gasteiger partial charge in [0, 0.05) is 9.95 Å². The van der Waals surface area contributed by atoms with E-state index < -0.39 is 47.0 Å². The van der Waals surface area contributed by atoms with E-state index in [1.807, 2.05) is 0 Å². The fraction of sp³-hybridized carbons (Fsp3) is 0.500. The Balaban J connectivity index is 2.10. The summed E-state index contributed by atoms with van der Waals surface area (Å²) in [4.78, 5) is 22.6. The lowest BCUT2D eigenvalue weighted by atomic mass is 9.76. The third-order valence-electron chi connectivity index (χ3n) is 4.41. The van der Waals surface area contributed by atoms with Crippen LogP contribution >= 0.6 is 11.6 Å². The second kappa shape index (κ2) is 5.64. The van der Waals surface area contributed by atoms with Gasteiger partial charge in [-0.3, -0.25) is 10.1 Å². The number of hydrogen-bond acceptors (Lipinski definition) is 8. The summed E-state index contributed by atoms with van der Waals surface area (Å²) in [6, 6.07) is 5.65. The Hall–Kier alpha value is -1.78. The number of nitro groups is 1. The molecule has 0 bridgehead atoms. The molecule has 0 spiro atoms. The number of aliphatic hydroxyl groups excluding tert-OH is 1. The number of hydrogen-bond donors (Lipinski definition) is 3. The highest BCUT2D eigenvalue weighted by molar-refractivity contribution is 6.30. The van der Waals surface area contributed by atoms with E-state index in [9.17, 15) is 30.2 Å². The van der Waals surface area contributed by atoms with Crippen LogP contribution in [0, 0.1) is 10.1 Å². The number of esters is 1. The number of carbonyl (C=O) groups is 1. The van der Waals surface area contributed by atoms with Gasteiger partial charge in [0.2, 0.25) is 17.9 Å². The van der Waals surface area contributed by atoms with Gasteiger partial charge in [0.15, 0.2) is 6.10 Å². The van der Waals surface area contributed by atoms with Gasteiger partial charge < -0.3 is 24.8 Å².